The summed E-state index contributed by atoms with van der Waals surface area (Å²) in [6, 6.07) is 0. The van der Waals surface area contributed by atoms with Gasteiger partial charge in [-0.2, -0.15) is 0 Å². The molecule has 2 fully saturated rings. The predicted octanol–water partition coefficient (Wildman–Crippen LogP) is 1.39. The van der Waals surface area contributed by atoms with E-state index in [0.717, 1.165) is 25.6 Å². The smallest absolute Gasteiger partial charge is 0.234 e. The molecule has 0 atom stereocenters. The molecule has 1 aliphatic carbocycles. The fraction of sp³-hybridized carbons (Fsp3) is 0.917. The number of carbonyl (C=O) groups excluding carboxylic acids is 1. The van der Waals surface area contributed by atoms with E-state index in [9.17, 15) is 4.79 Å². The second-order valence-electron chi connectivity index (χ2n) is 4.94. The van der Waals surface area contributed by atoms with E-state index in [1.165, 1.54) is 38.5 Å². The summed E-state index contributed by atoms with van der Waals surface area (Å²) in [5.74, 6) is 1.02. The van der Waals surface area contributed by atoms with Crippen LogP contribution in [0.3, 0.4) is 0 Å². The number of nitrogens with zero attached hydrogens (tertiary/aromatic N) is 1. The molecule has 1 amide bonds. The van der Waals surface area contributed by atoms with Crippen molar-refractivity contribution in [2.24, 2.45) is 5.92 Å². The zero-order valence-corrected chi connectivity index (χ0v) is 9.50. The molecule has 3 heteroatoms. The van der Waals surface area contributed by atoms with Gasteiger partial charge < -0.3 is 5.32 Å². The van der Waals surface area contributed by atoms with Crippen LogP contribution in [0.5, 0.6) is 0 Å². The monoisotopic (exact) mass is 210 g/mol. The molecule has 15 heavy (non-hydrogen) atoms. The van der Waals surface area contributed by atoms with Gasteiger partial charge in [0.05, 0.1) is 6.54 Å². The first-order valence-corrected chi connectivity index (χ1v) is 6.33. The van der Waals surface area contributed by atoms with Crippen LogP contribution in [-0.2, 0) is 4.79 Å². The number of hydrogen-bond acceptors (Lipinski definition) is 2. The SMILES string of the molecule is O=C(CN1CCCCCC1)NCC1CC1. The molecule has 0 radical (unpaired) electrons. The largest absolute Gasteiger partial charge is 0.355 e. The van der Waals surface area contributed by atoms with Gasteiger partial charge in [-0.3, -0.25) is 9.69 Å². The molecule has 1 N–H and O–H groups in total. The predicted molar refractivity (Wildman–Crippen MR) is 60.6 cm³/mol. The summed E-state index contributed by atoms with van der Waals surface area (Å²) in [7, 11) is 0. The molecule has 1 saturated heterocycles. The molecule has 1 aliphatic heterocycles. The molecule has 0 aromatic rings. The Morgan fingerprint density at radius 1 is 1.13 bits per heavy atom. The summed E-state index contributed by atoms with van der Waals surface area (Å²) in [5.41, 5.74) is 0. The first-order chi connectivity index (χ1) is 7.34. The van der Waals surface area contributed by atoms with Crippen LogP contribution in [0.15, 0.2) is 0 Å². The summed E-state index contributed by atoms with van der Waals surface area (Å²) in [5, 5.41) is 3.03. The molecule has 0 spiro atoms. The van der Waals surface area contributed by atoms with Crippen LogP contribution >= 0.6 is 0 Å². The van der Waals surface area contributed by atoms with Crippen LogP contribution in [0.25, 0.3) is 0 Å². The van der Waals surface area contributed by atoms with Crippen molar-refractivity contribution < 1.29 is 4.79 Å². The quantitative estimate of drug-likeness (QED) is 0.760. The maximum Gasteiger partial charge on any atom is 0.234 e. The van der Waals surface area contributed by atoms with Crippen molar-refractivity contribution in [2.45, 2.75) is 38.5 Å². The van der Waals surface area contributed by atoms with Crippen molar-refractivity contribution in [1.29, 1.82) is 0 Å². The topological polar surface area (TPSA) is 32.3 Å². The van der Waals surface area contributed by atoms with E-state index in [1.54, 1.807) is 0 Å². The Labute approximate surface area is 92.2 Å². The summed E-state index contributed by atoms with van der Waals surface area (Å²) >= 11 is 0. The van der Waals surface area contributed by atoms with Gasteiger partial charge in [0.15, 0.2) is 0 Å². The first-order valence-electron chi connectivity index (χ1n) is 6.33. The number of nitrogens with one attached hydrogen (secondary N) is 1. The normalized spacial score (nSPS) is 23.5. The Hall–Kier alpha value is -0.570. The zero-order valence-electron chi connectivity index (χ0n) is 9.50. The van der Waals surface area contributed by atoms with Crippen LogP contribution in [0, 0.1) is 5.92 Å². The van der Waals surface area contributed by atoms with E-state index in [-0.39, 0.29) is 5.91 Å². The van der Waals surface area contributed by atoms with Crippen molar-refractivity contribution >= 4 is 5.91 Å². The van der Waals surface area contributed by atoms with Gasteiger partial charge in [-0.15, -0.1) is 0 Å². The Morgan fingerprint density at radius 2 is 1.80 bits per heavy atom. The third kappa shape index (κ3) is 4.20. The second kappa shape index (κ2) is 5.50. The highest BCUT2D eigenvalue weighted by Gasteiger charge is 2.22. The second-order valence-corrected chi connectivity index (χ2v) is 4.94. The molecule has 2 aliphatic rings. The summed E-state index contributed by atoms with van der Waals surface area (Å²) < 4.78 is 0. The van der Waals surface area contributed by atoms with Crippen LogP contribution in [0.2, 0.25) is 0 Å². The maximum atomic E-state index is 11.6. The number of amides is 1. The Morgan fingerprint density at radius 3 is 2.40 bits per heavy atom. The summed E-state index contributed by atoms with van der Waals surface area (Å²) in [4.78, 5) is 13.9. The third-order valence-electron chi connectivity index (χ3n) is 3.35. The molecule has 0 bridgehead atoms. The van der Waals surface area contributed by atoms with Crippen molar-refractivity contribution in [1.82, 2.24) is 10.2 Å². The van der Waals surface area contributed by atoms with Gasteiger partial charge in [0.2, 0.25) is 5.91 Å². The molecular weight excluding hydrogens is 188 g/mol. The standard InChI is InChI=1S/C12H22N2O/c15-12(13-9-11-5-6-11)10-14-7-3-1-2-4-8-14/h11H,1-10H2,(H,13,15). The highest BCUT2D eigenvalue weighted by Crippen LogP contribution is 2.27. The van der Waals surface area contributed by atoms with Crippen molar-refractivity contribution in [3.63, 3.8) is 0 Å². The number of likely N-dealkylation sites (tertiary alicyclic amines) is 1. The molecule has 1 saturated carbocycles. The molecule has 2 rings (SSSR count). The van der Waals surface area contributed by atoms with Gasteiger partial charge in [-0.25, -0.2) is 0 Å². The number of carbonyl (C=O) groups is 1. The Balaban J connectivity index is 1.62. The molecule has 3 nitrogen and oxygen atoms in total. The molecule has 0 aromatic heterocycles. The average molecular weight is 210 g/mol. The van der Waals surface area contributed by atoms with Crippen LogP contribution in [-0.4, -0.2) is 37.0 Å². The molecule has 0 unspecified atom stereocenters. The minimum Gasteiger partial charge on any atom is -0.355 e. The van der Waals surface area contributed by atoms with Crippen LogP contribution in [0.1, 0.15) is 38.5 Å². The lowest BCUT2D eigenvalue weighted by Crippen LogP contribution is -2.38. The fourth-order valence-corrected chi connectivity index (χ4v) is 2.13. The van der Waals surface area contributed by atoms with E-state index in [1.807, 2.05) is 0 Å². The van der Waals surface area contributed by atoms with Gasteiger partial charge in [-0.1, -0.05) is 12.8 Å². The van der Waals surface area contributed by atoms with Gasteiger partial charge in [-0.05, 0) is 44.7 Å². The Kier molecular flexibility index (Phi) is 4.01. The first kappa shape index (κ1) is 10.9. The number of rotatable bonds is 4. The van der Waals surface area contributed by atoms with E-state index in [4.69, 9.17) is 0 Å². The lowest BCUT2D eigenvalue weighted by molar-refractivity contribution is -0.122. The highest BCUT2D eigenvalue weighted by atomic mass is 16.2. The molecular formula is C12H22N2O. The molecule has 86 valence electrons. The van der Waals surface area contributed by atoms with Crippen molar-refractivity contribution in [2.75, 3.05) is 26.2 Å². The Bertz CT molecular complexity index is 206. The minimum atomic E-state index is 0.226. The van der Waals surface area contributed by atoms with Gasteiger partial charge in [0.1, 0.15) is 0 Å². The summed E-state index contributed by atoms with van der Waals surface area (Å²) in [6.45, 7) is 3.74. The van der Waals surface area contributed by atoms with E-state index >= 15 is 0 Å². The average Bonchev–Trinajstić information content (AvgIpc) is 3.03. The third-order valence-corrected chi connectivity index (χ3v) is 3.35. The van der Waals surface area contributed by atoms with Gasteiger partial charge in [0.25, 0.3) is 0 Å². The van der Waals surface area contributed by atoms with Gasteiger partial charge >= 0.3 is 0 Å². The number of hydrogen-bond donors (Lipinski definition) is 1. The fourth-order valence-electron chi connectivity index (χ4n) is 2.13. The minimum absolute atomic E-state index is 0.226. The van der Waals surface area contributed by atoms with Crippen LogP contribution < -0.4 is 5.32 Å². The van der Waals surface area contributed by atoms with Crippen LogP contribution in [0.4, 0.5) is 0 Å². The van der Waals surface area contributed by atoms with E-state index in [0.29, 0.717) is 6.54 Å². The van der Waals surface area contributed by atoms with E-state index < -0.39 is 0 Å². The molecule has 0 aromatic carbocycles. The highest BCUT2D eigenvalue weighted by molar-refractivity contribution is 5.78. The zero-order chi connectivity index (χ0) is 10.5. The van der Waals surface area contributed by atoms with E-state index in [2.05, 4.69) is 10.2 Å². The van der Waals surface area contributed by atoms with Crippen molar-refractivity contribution in [3.05, 3.63) is 0 Å². The lowest BCUT2D eigenvalue weighted by atomic mass is 10.2. The van der Waals surface area contributed by atoms with Gasteiger partial charge in [0, 0.05) is 6.54 Å². The van der Waals surface area contributed by atoms with Crippen molar-refractivity contribution in [3.8, 4) is 0 Å². The maximum absolute atomic E-state index is 11.6. The lowest BCUT2D eigenvalue weighted by Gasteiger charge is -2.18. The summed E-state index contributed by atoms with van der Waals surface area (Å²) in [6.07, 6.45) is 7.81. The molecule has 1 heterocycles.